The van der Waals surface area contributed by atoms with E-state index in [1.54, 1.807) is 27.9 Å². The van der Waals surface area contributed by atoms with Crippen LogP contribution in [0.1, 0.15) is 108 Å². The number of nitrogens with one attached hydrogen (secondary N) is 4. The highest BCUT2D eigenvalue weighted by Gasteiger charge is 2.56. The maximum Gasteiger partial charge on any atom is 0.256 e. The highest BCUT2D eigenvalue weighted by Crippen LogP contribution is 2.49. The number of rotatable bonds is 14. The molecule has 6 saturated heterocycles. The molecule has 2 unspecified atom stereocenters. The highest BCUT2D eigenvalue weighted by atomic mass is 16.5. The largest absolute Gasteiger partial charge is 0.351 e. The fraction of sp³-hybridized carbons (Fsp3) is 0.600. The zero-order valence-electron chi connectivity index (χ0n) is 42.0. The number of likely N-dealkylation sites (N-methyl/N-ethyl adjacent to an activating group) is 2. The molecule has 0 saturated carbocycles. The summed E-state index contributed by atoms with van der Waals surface area (Å²) in [5, 5.41) is 11.9. The van der Waals surface area contributed by atoms with E-state index in [0.717, 1.165) is 51.4 Å². The Kier molecular flexibility index (Phi) is 16.8. The SMILES string of the molecule is CN[C@@H](C)C(=O)N[C@H]1CCC[C@H]2C[C@H]3CCN(C(=O)C(OCC#CC#CCOC(C(=O)N4CC[C@]5(C)C[C@@H]6CCC[C@H](NC(=O)[C@H](C)NC)C(=O)N6[C@@H]5C4)c4ccccc4)c4ccccc4)C[C@H]3N2C1=O. The van der Waals surface area contributed by atoms with E-state index in [1.165, 1.54) is 0 Å². The standard InChI is InChI=1S/C55H72N8O8/c1-36(56-4)49(64)58-43-24-16-22-41-32-40-26-28-60(34-45(40)62(41)51(43)66)53(68)47(38-18-10-8-11-19-38)70-30-14-6-7-15-31-71-48(39-20-12-9-13-21-39)54(69)61-29-27-55(3)33-42-23-17-25-44(59-50(65)37(2)57-5)52(67)63(42)46(55)35-61/h8-13,18-21,36-37,40-48,56-57H,16-17,22-35H2,1-5H3,(H,58,64)(H,59,65)/t36-,37-,40+,41-,42-,43-,44-,45+,46+,47?,48?,55+/m0/s1. The number of piperidine rings is 2. The monoisotopic (exact) mass is 973 g/mol. The normalized spacial score (nSPS) is 28.7. The Hall–Kier alpha value is -5.78. The van der Waals surface area contributed by atoms with Crippen LogP contribution < -0.4 is 21.3 Å². The molecule has 380 valence electrons. The van der Waals surface area contributed by atoms with Gasteiger partial charge in [-0.15, -0.1) is 0 Å². The second-order valence-electron chi connectivity index (χ2n) is 20.7. The van der Waals surface area contributed by atoms with Crippen LogP contribution in [0.3, 0.4) is 0 Å². The molecule has 2 aromatic carbocycles. The van der Waals surface area contributed by atoms with Crippen LogP contribution >= 0.6 is 0 Å². The van der Waals surface area contributed by atoms with Gasteiger partial charge in [0.25, 0.3) is 11.8 Å². The van der Waals surface area contributed by atoms with Gasteiger partial charge in [-0.25, -0.2) is 0 Å². The van der Waals surface area contributed by atoms with Crippen LogP contribution in [0.25, 0.3) is 0 Å². The Morgan fingerprint density at radius 2 is 1.18 bits per heavy atom. The van der Waals surface area contributed by atoms with Crippen LogP contribution in [0.5, 0.6) is 0 Å². The first-order valence-electron chi connectivity index (χ1n) is 25.8. The second kappa shape index (κ2) is 23.2. The van der Waals surface area contributed by atoms with Crippen molar-refractivity contribution in [2.75, 3.05) is 53.5 Å². The molecule has 8 rings (SSSR count). The lowest BCUT2D eigenvalue weighted by Gasteiger charge is -2.45. The molecule has 6 fully saturated rings. The van der Waals surface area contributed by atoms with Crippen molar-refractivity contribution in [3.63, 3.8) is 0 Å². The summed E-state index contributed by atoms with van der Waals surface area (Å²) in [5.41, 5.74) is 1.24. The number of likely N-dealkylation sites (tertiary alicyclic amines) is 2. The van der Waals surface area contributed by atoms with Gasteiger partial charge in [0, 0.05) is 38.3 Å². The van der Waals surface area contributed by atoms with E-state index in [1.807, 2.05) is 80.3 Å². The summed E-state index contributed by atoms with van der Waals surface area (Å²) in [7, 11) is 3.44. The van der Waals surface area contributed by atoms with Crippen molar-refractivity contribution in [2.45, 2.75) is 146 Å². The van der Waals surface area contributed by atoms with Crippen molar-refractivity contribution in [3.05, 3.63) is 71.8 Å². The number of benzene rings is 2. The molecule has 0 spiro atoms. The van der Waals surface area contributed by atoms with Gasteiger partial charge in [0.05, 0.1) is 24.2 Å². The van der Waals surface area contributed by atoms with Gasteiger partial charge in [0.1, 0.15) is 25.3 Å². The van der Waals surface area contributed by atoms with Crippen LogP contribution in [-0.4, -0.2) is 157 Å². The zero-order valence-corrected chi connectivity index (χ0v) is 42.0. The molecule has 0 aromatic heterocycles. The molecule has 6 aliphatic heterocycles. The van der Waals surface area contributed by atoms with Crippen molar-refractivity contribution in [1.29, 1.82) is 0 Å². The molecule has 0 bridgehead atoms. The lowest BCUT2D eigenvalue weighted by Crippen LogP contribution is -2.59. The minimum absolute atomic E-state index is 0.0589. The van der Waals surface area contributed by atoms with E-state index in [9.17, 15) is 28.8 Å². The van der Waals surface area contributed by atoms with Gasteiger partial charge in [-0.1, -0.05) is 79.4 Å². The topological polar surface area (TPSA) is 182 Å². The van der Waals surface area contributed by atoms with Gasteiger partial charge in [-0.3, -0.25) is 28.8 Å². The van der Waals surface area contributed by atoms with E-state index < -0.39 is 36.4 Å². The van der Waals surface area contributed by atoms with E-state index in [2.05, 4.69) is 51.9 Å². The molecular formula is C55H72N8O8. The molecule has 6 heterocycles. The first kappa shape index (κ1) is 51.6. The highest BCUT2D eigenvalue weighted by molar-refractivity contribution is 5.91. The number of hydrogen-bond donors (Lipinski definition) is 4. The third kappa shape index (κ3) is 11.5. The molecular weight excluding hydrogens is 901 g/mol. The average Bonchev–Trinajstić information content (AvgIpc) is 3.79. The third-order valence-electron chi connectivity index (χ3n) is 16.2. The average molecular weight is 973 g/mol. The molecule has 4 N–H and O–H groups in total. The van der Waals surface area contributed by atoms with Crippen LogP contribution in [0.4, 0.5) is 0 Å². The summed E-state index contributed by atoms with van der Waals surface area (Å²) in [5.74, 6) is 10.9. The Bertz CT molecular complexity index is 2380. The molecule has 0 aliphatic carbocycles. The number of carbonyl (C=O) groups is 6. The summed E-state index contributed by atoms with van der Waals surface area (Å²) < 4.78 is 12.5. The van der Waals surface area contributed by atoms with E-state index in [4.69, 9.17) is 9.47 Å². The van der Waals surface area contributed by atoms with Gasteiger partial charge in [-0.2, -0.15) is 0 Å². The summed E-state index contributed by atoms with van der Waals surface area (Å²) >= 11 is 0. The Morgan fingerprint density at radius 1 is 0.676 bits per heavy atom. The molecule has 6 amide bonds. The maximum atomic E-state index is 14.5. The lowest BCUT2D eigenvalue weighted by atomic mass is 9.75. The van der Waals surface area contributed by atoms with Gasteiger partial charge in [0.15, 0.2) is 12.2 Å². The predicted molar refractivity (Wildman–Crippen MR) is 266 cm³/mol. The summed E-state index contributed by atoms with van der Waals surface area (Å²) in [4.78, 5) is 90.4. The van der Waals surface area contributed by atoms with Crippen molar-refractivity contribution in [2.24, 2.45) is 11.3 Å². The summed E-state index contributed by atoms with van der Waals surface area (Å²) in [6.45, 7) is 7.49. The predicted octanol–water partition coefficient (Wildman–Crippen LogP) is 3.09. The molecule has 0 radical (unpaired) electrons. The number of ether oxygens (including phenoxy) is 2. The van der Waals surface area contributed by atoms with Crippen molar-refractivity contribution >= 4 is 35.4 Å². The van der Waals surface area contributed by atoms with Gasteiger partial charge in [-0.05, 0) is 126 Å². The molecule has 16 heteroatoms. The maximum absolute atomic E-state index is 14.5. The van der Waals surface area contributed by atoms with Crippen LogP contribution in [0.2, 0.25) is 0 Å². The molecule has 12 atom stereocenters. The number of fused-ring (bicyclic) bond motifs is 6. The van der Waals surface area contributed by atoms with Gasteiger partial charge in [0.2, 0.25) is 23.6 Å². The van der Waals surface area contributed by atoms with E-state index in [0.29, 0.717) is 50.1 Å². The number of carbonyl (C=O) groups excluding carboxylic acids is 6. The van der Waals surface area contributed by atoms with E-state index in [-0.39, 0.29) is 84.2 Å². The summed E-state index contributed by atoms with van der Waals surface area (Å²) in [6.07, 6.45) is 6.03. The number of hydrogen-bond acceptors (Lipinski definition) is 10. The van der Waals surface area contributed by atoms with Crippen LogP contribution in [-0.2, 0) is 38.2 Å². The Labute approximate surface area is 419 Å². The minimum atomic E-state index is -0.928. The Balaban J connectivity index is 0.888. The van der Waals surface area contributed by atoms with Crippen molar-refractivity contribution in [1.82, 2.24) is 40.9 Å². The fourth-order valence-corrected chi connectivity index (χ4v) is 12.0. The van der Waals surface area contributed by atoms with Gasteiger partial charge >= 0.3 is 0 Å². The minimum Gasteiger partial charge on any atom is -0.351 e. The second-order valence-corrected chi connectivity index (χ2v) is 20.7. The first-order chi connectivity index (χ1) is 34.3. The zero-order chi connectivity index (χ0) is 50.2. The fourth-order valence-electron chi connectivity index (χ4n) is 12.0. The van der Waals surface area contributed by atoms with Gasteiger partial charge < -0.3 is 50.3 Å². The molecule has 2 aromatic rings. The number of amides is 6. The summed E-state index contributed by atoms with van der Waals surface area (Å²) in [6, 6.07) is 16.5. The lowest BCUT2D eigenvalue weighted by molar-refractivity contribution is -0.150. The van der Waals surface area contributed by atoms with Crippen molar-refractivity contribution < 1.29 is 38.2 Å². The van der Waals surface area contributed by atoms with E-state index >= 15 is 0 Å². The quantitative estimate of drug-likeness (QED) is 0.206. The number of nitrogens with zero attached hydrogens (tertiary/aromatic N) is 4. The molecule has 6 aliphatic rings. The smallest absolute Gasteiger partial charge is 0.256 e. The molecule has 71 heavy (non-hydrogen) atoms. The van der Waals surface area contributed by atoms with Crippen LogP contribution in [0, 0.1) is 35.0 Å². The Morgan fingerprint density at radius 3 is 1.72 bits per heavy atom. The van der Waals surface area contributed by atoms with Crippen LogP contribution in [0.15, 0.2) is 60.7 Å². The van der Waals surface area contributed by atoms with Crippen molar-refractivity contribution in [3.8, 4) is 23.7 Å². The first-order valence-corrected chi connectivity index (χ1v) is 25.8. The third-order valence-corrected chi connectivity index (χ3v) is 16.2. The molecule has 16 nitrogen and oxygen atoms in total.